The molecule has 1 aliphatic rings. The number of carbonyl (C=O) groups is 1. The van der Waals surface area contributed by atoms with E-state index in [9.17, 15) is 4.79 Å². The predicted molar refractivity (Wildman–Crippen MR) is 120 cm³/mol. The summed E-state index contributed by atoms with van der Waals surface area (Å²) in [6, 6.07) is 16.9. The van der Waals surface area contributed by atoms with Crippen molar-refractivity contribution in [2.45, 2.75) is 46.3 Å². The number of hydrogen-bond acceptors (Lipinski definition) is 4. The largest absolute Gasteiger partial charge is 0.493 e. The van der Waals surface area contributed by atoms with Crippen molar-refractivity contribution in [1.29, 1.82) is 0 Å². The fourth-order valence-electron chi connectivity index (χ4n) is 3.41. The van der Waals surface area contributed by atoms with Crippen molar-refractivity contribution in [2.24, 2.45) is 0 Å². The summed E-state index contributed by atoms with van der Waals surface area (Å²) < 4.78 is 11.3. The molecule has 1 heterocycles. The maximum Gasteiger partial charge on any atom is 0.410 e. The van der Waals surface area contributed by atoms with Crippen LogP contribution in [0.2, 0.25) is 0 Å². The molecule has 1 aliphatic heterocycles. The summed E-state index contributed by atoms with van der Waals surface area (Å²) in [5.74, 6) is 0.919. The van der Waals surface area contributed by atoms with Crippen LogP contribution in [-0.2, 0) is 17.7 Å². The van der Waals surface area contributed by atoms with Gasteiger partial charge in [-0.15, -0.1) is 0 Å². The van der Waals surface area contributed by atoms with Gasteiger partial charge in [-0.1, -0.05) is 42.0 Å². The molecule has 0 radical (unpaired) electrons. The van der Waals surface area contributed by atoms with Crippen LogP contribution >= 0.6 is 0 Å². The lowest BCUT2D eigenvalue weighted by Crippen LogP contribution is -2.49. The van der Waals surface area contributed by atoms with Crippen LogP contribution in [0.25, 0.3) is 0 Å². The molecule has 30 heavy (non-hydrogen) atoms. The topological polar surface area (TPSA) is 42.0 Å². The number of benzene rings is 2. The van der Waals surface area contributed by atoms with Crippen molar-refractivity contribution < 1.29 is 14.3 Å². The first kappa shape index (κ1) is 22.2. The molecule has 0 spiro atoms. The molecule has 0 unspecified atom stereocenters. The summed E-state index contributed by atoms with van der Waals surface area (Å²) in [5, 5.41) is 0. The van der Waals surface area contributed by atoms with Gasteiger partial charge in [0.1, 0.15) is 11.4 Å². The summed E-state index contributed by atoms with van der Waals surface area (Å²) in [7, 11) is 0. The molecule has 2 aromatic carbocycles. The van der Waals surface area contributed by atoms with Gasteiger partial charge in [-0.25, -0.2) is 4.79 Å². The second-order valence-electron chi connectivity index (χ2n) is 8.97. The number of rotatable bonds is 6. The molecule has 2 aromatic rings. The number of amides is 1. The van der Waals surface area contributed by atoms with E-state index in [0.29, 0.717) is 19.7 Å². The molecule has 1 fully saturated rings. The number of piperazine rings is 1. The summed E-state index contributed by atoms with van der Waals surface area (Å²) in [5.41, 5.74) is 3.37. The van der Waals surface area contributed by atoms with Crippen LogP contribution < -0.4 is 4.74 Å². The van der Waals surface area contributed by atoms with Crippen LogP contribution in [0.5, 0.6) is 5.75 Å². The average Bonchev–Trinajstić information content (AvgIpc) is 2.70. The van der Waals surface area contributed by atoms with Crippen molar-refractivity contribution in [2.75, 3.05) is 32.8 Å². The number of ether oxygens (including phenoxy) is 2. The first-order chi connectivity index (χ1) is 14.3. The van der Waals surface area contributed by atoms with E-state index in [1.54, 1.807) is 4.90 Å². The smallest absolute Gasteiger partial charge is 0.410 e. The normalized spacial score (nSPS) is 15.1. The van der Waals surface area contributed by atoms with Gasteiger partial charge < -0.3 is 14.4 Å². The second-order valence-corrected chi connectivity index (χ2v) is 8.97. The lowest BCUT2D eigenvalue weighted by molar-refractivity contribution is 0.0139. The van der Waals surface area contributed by atoms with Gasteiger partial charge in [-0.2, -0.15) is 0 Å². The number of aryl methyl sites for hydroxylation is 1. The van der Waals surface area contributed by atoms with E-state index in [-0.39, 0.29) is 6.09 Å². The zero-order chi connectivity index (χ0) is 21.6. The molecule has 162 valence electrons. The van der Waals surface area contributed by atoms with E-state index in [1.165, 1.54) is 16.7 Å². The fraction of sp³-hybridized carbons (Fsp3) is 0.480. The minimum absolute atomic E-state index is 0.209. The van der Waals surface area contributed by atoms with Gasteiger partial charge >= 0.3 is 6.09 Å². The van der Waals surface area contributed by atoms with E-state index < -0.39 is 5.60 Å². The third kappa shape index (κ3) is 7.06. The first-order valence-corrected chi connectivity index (χ1v) is 10.8. The molecule has 3 rings (SSSR count). The Morgan fingerprint density at radius 2 is 1.50 bits per heavy atom. The molecule has 1 saturated heterocycles. The maximum atomic E-state index is 12.2. The molecule has 0 aliphatic carbocycles. The molecule has 1 amide bonds. The van der Waals surface area contributed by atoms with E-state index in [1.807, 2.05) is 32.9 Å². The Balaban J connectivity index is 1.39. The maximum absolute atomic E-state index is 12.2. The molecular formula is C25H34N2O3. The molecule has 5 nitrogen and oxygen atoms in total. The molecule has 0 bridgehead atoms. The van der Waals surface area contributed by atoms with E-state index in [4.69, 9.17) is 9.47 Å². The number of carbonyl (C=O) groups excluding carboxylic acids is 1. The Hall–Kier alpha value is -2.53. The Bertz CT molecular complexity index is 802. The molecule has 0 atom stereocenters. The predicted octanol–water partition coefficient (Wildman–Crippen LogP) is 4.67. The van der Waals surface area contributed by atoms with Crippen molar-refractivity contribution in [3.05, 3.63) is 65.2 Å². The highest BCUT2D eigenvalue weighted by Crippen LogP contribution is 2.15. The first-order valence-electron chi connectivity index (χ1n) is 10.8. The van der Waals surface area contributed by atoms with Crippen LogP contribution in [-0.4, -0.2) is 54.3 Å². The van der Waals surface area contributed by atoms with Gasteiger partial charge in [0, 0.05) is 39.1 Å². The third-order valence-electron chi connectivity index (χ3n) is 5.13. The van der Waals surface area contributed by atoms with Crippen molar-refractivity contribution >= 4 is 6.09 Å². The quantitative estimate of drug-likeness (QED) is 0.694. The van der Waals surface area contributed by atoms with E-state index in [0.717, 1.165) is 31.8 Å². The SMILES string of the molecule is Cc1ccc(OCCc2ccc(CN3CCN(C(=O)OC(C)(C)C)CC3)cc2)cc1. The van der Waals surface area contributed by atoms with Gasteiger partial charge in [0.05, 0.1) is 6.61 Å². The Kier molecular flexibility index (Phi) is 7.38. The zero-order valence-corrected chi connectivity index (χ0v) is 18.7. The summed E-state index contributed by atoms with van der Waals surface area (Å²) in [6.07, 6.45) is 0.683. The van der Waals surface area contributed by atoms with Crippen molar-refractivity contribution in [3.63, 3.8) is 0 Å². The highest BCUT2D eigenvalue weighted by Gasteiger charge is 2.25. The Morgan fingerprint density at radius 1 is 0.900 bits per heavy atom. The number of nitrogens with zero attached hydrogens (tertiary/aromatic N) is 2. The van der Waals surface area contributed by atoms with Crippen LogP contribution in [0.1, 0.15) is 37.5 Å². The minimum atomic E-state index is -0.443. The van der Waals surface area contributed by atoms with Gasteiger partial charge in [-0.3, -0.25) is 4.90 Å². The molecular weight excluding hydrogens is 376 g/mol. The fourth-order valence-corrected chi connectivity index (χ4v) is 3.41. The molecule has 0 aromatic heterocycles. The van der Waals surface area contributed by atoms with Crippen LogP contribution in [0.4, 0.5) is 4.79 Å². The third-order valence-corrected chi connectivity index (χ3v) is 5.13. The van der Waals surface area contributed by atoms with Crippen molar-refractivity contribution in [1.82, 2.24) is 9.80 Å². The lowest BCUT2D eigenvalue weighted by Gasteiger charge is -2.35. The average molecular weight is 411 g/mol. The molecule has 0 saturated carbocycles. The highest BCUT2D eigenvalue weighted by molar-refractivity contribution is 5.68. The monoisotopic (exact) mass is 410 g/mol. The molecule has 5 heteroatoms. The zero-order valence-electron chi connectivity index (χ0n) is 18.7. The minimum Gasteiger partial charge on any atom is -0.493 e. The lowest BCUT2D eigenvalue weighted by atomic mass is 10.1. The summed E-state index contributed by atoms with van der Waals surface area (Å²) in [6.45, 7) is 12.5. The van der Waals surface area contributed by atoms with Gasteiger partial charge in [0.15, 0.2) is 0 Å². The van der Waals surface area contributed by atoms with Gasteiger partial charge in [-0.05, 0) is 51.0 Å². The van der Waals surface area contributed by atoms with Crippen LogP contribution in [0, 0.1) is 6.92 Å². The Morgan fingerprint density at radius 3 is 2.10 bits per heavy atom. The standard InChI is InChI=1S/C25H34N2O3/c1-20-5-11-23(12-6-20)29-18-13-21-7-9-22(10-8-21)19-26-14-16-27(17-15-26)24(28)30-25(2,3)4/h5-12H,13-19H2,1-4H3. The summed E-state index contributed by atoms with van der Waals surface area (Å²) in [4.78, 5) is 16.4. The van der Waals surface area contributed by atoms with Crippen molar-refractivity contribution in [3.8, 4) is 5.75 Å². The van der Waals surface area contributed by atoms with E-state index >= 15 is 0 Å². The second kappa shape index (κ2) is 9.98. The summed E-state index contributed by atoms with van der Waals surface area (Å²) >= 11 is 0. The molecule has 0 N–H and O–H groups in total. The van der Waals surface area contributed by atoms with Gasteiger partial charge in [0.25, 0.3) is 0 Å². The van der Waals surface area contributed by atoms with Gasteiger partial charge in [0.2, 0.25) is 0 Å². The van der Waals surface area contributed by atoms with E-state index in [2.05, 4.69) is 48.2 Å². The van der Waals surface area contributed by atoms with Crippen LogP contribution in [0.3, 0.4) is 0 Å². The Labute approximate surface area is 180 Å². The van der Waals surface area contributed by atoms with Crippen LogP contribution in [0.15, 0.2) is 48.5 Å². The number of hydrogen-bond donors (Lipinski definition) is 0. The highest BCUT2D eigenvalue weighted by atomic mass is 16.6.